The number of carbonyl (C=O) groups is 1. The lowest BCUT2D eigenvalue weighted by Crippen LogP contribution is -2.12. The summed E-state index contributed by atoms with van der Waals surface area (Å²) < 4.78 is 5.31. The van der Waals surface area contributed by atoms with Gasteiger partial charge in [-0.2, -0.15) is 0 Å². The molecule has 0 atom stereocenters. The van der Waals surface area contributed by atoms with Crippen LogP contribution in [0.15, 0.2) is 77.7 Å². The van der Waals surface area contributed by atoms with Crippen molar-refractivity contribution in [1.29, 1.82) is 0 Å². The summed E-state index contributed by atoms with van der Waals surface area (Å²) in [7, 11) is 0. The van der Waals surface area contributed by atoms with Gasteiger partial charge in [0.2, 0.25) is 0 Å². The topological polar surface area (TPSA) is 68.0 Å². The average molecular weight is 347 g/mol. The minimum Gasteiger partial charge on any atom is -0.462 e. The number of hydrogen-bond donors (Lipinski definition) is 1. The SMILES string of the molecule is O=C(Nc1ncccc1-c1ccccc1)c1cnc(-c2ccco2)s1. The number of amides is 1. The van der Waals surface area contributed by atoms with Crippen LogP contribution in [-0.4, -0.2) is 15.9 Å². The number of rotatable bonds is 4. The van der Waals surface area contributed by atoms with Crippen LogP contribution >= 0.6 is 11.3 Å². The molecule has 0 saturated carbocycles. The van der Waals surface area contributed by atoms with Crippen molar-refractivity contribution in [3.8, 4) is 21.9 Å². The van der Waals surface area contributed by atoms with Crippen LogP contribution in [0.2, 0.25) is 0 Å². The third-order valence-corrected chi connectivity index (χ3v) is 4.60. The summed E-state index contributed by atoms with van der Waals surface area (Å²) in [5.41, 5.74) is 1.86. The van der Waals surface area contributed by atoms with Crippen LogP contribution in [-0.2, 0) is 0 Å². The molecule has 25 heavy (non-hydrogen) atoms. The largest absolute Gasteiger partial charge is 0.462 e. The van der Waals surface area contributed by atoms with Crippen LogP contribution in [0.5, 0.6) is 0 Å². The molecule has 3 aromatic heterocycles. The number of benzene rings is 1. The van der Waals surface area contributed by atoms with Crippen LogP contribution in [0.3, 0.4) is 0 Å². The highest BCUT2D eigenvalue weighted by atomic mass is 32.1. The Hall–Kier alpha value is -3.25. The molecule has 0 spiro atoms. The fourth-order valence-corrected chi connectivity index (χ4v) is 3.20. The van der Waals surface area contributed by atoms with E-state index in [0.29, 0.717) is 21.5 Å². The molecule has 0 bridgehead atoms. The molecule has 0 saturated heterocycles. The van der Waals surface area contributed by atoms with Gasteiger partial charge in [-0.05, 0) is 29.8 Å². The van der Waals surface area contributed by atoms with Gasteiger partial charge in [-0.15, -0.1) is 11.3 Å². The zero-order valence-corrected chi connectivity index (χ0v) is 13.9. The minimum atomic E-state index is -0.244. The molecule has 1 aromatic carbocycles. The smallest absolute Gasteiger partial charge is 0.268 e. The van der Waals surface area contributed by atoms with Crippen molar-refractivity contribution in [2.45, 2.75) is 0 Å². The molecule has 0 fully saturated rings. The highest BCUT2D eigenvalue weighted by Crippen LogP contribution is 2.28. The monoisotopic (exact) mass is 347 g/mol. The molecule has 0 aliphatic heterocycles. The summed E-state index contributed by atoms with van der Waals surface area (Å²) in [6, 6.07) is 17.2. The van der Waals surface area contributed by atoms with Crippen molar-refractivity contribution >= 4 is 23.1 Å². The lowest BCUT2D eigenvalue weighted by molar-refractivity contribution is 0.103. The number of thiazole rings is 1. The van der Waals surface area contributed by atoms with Crippen molar-refractivity contribution in [2.24, 2.45) is 0 Å². The number of hydrogen-bond acceptors (Lipinski definition) is 5. The first-order chi connectivity index (χ1) is 12.3. The fourth-order valence-electron chi connectivity index (χ4n) is 2.42. The standard InChI is InChI=1S/C19H13N3O2S/c23-18(16-12-21-19(25-16)15-9-5-11-24-15)22-17-14(8-4-10-20-17)13-6-2-1-3-7-13/h1-12H,(H,20,22,23). The second-order valence-corrected chi connectivity index (χ2v) is 6.26. The number of pyridine rings is 1. The van der Waals surface area contributed by atoms with Crippen LogP contribution in [0, 0.1) is 0 Å². The maximum Gasteiger partial charge on any atom is 0.268 e. The molecule has 0 aliphatic carbocycles. The summed E-state index contributed by atoms with van der Waals surface area (Å²) >= 11 is 1.27. The fraction of sp³-hybridized carbons (Fsp3) is 0. The second-order valence-electron chi connectivity index (χ2n) is 5.23. The summed E-state index contributed by atoms with van der Waals surface area (Å²) in [4.78, 5) is 21.6. The lowest BCUT2D eigenvalue weighted by Gasteiger charge is -2.09. The summed E-state index contributed by atoms with van der Waals surface area (Å²) in [6.45, 7) is 0. The molecular formula is C19H13N3O2S. The summed E-state index contributed by atoms with van der Waals surface area (Å²) in [6.07, 6.45) is 4.78. The highest BCUT2D eigenvalue weighted by molar-refractivity contribution is 7.17. The van der Waals surface area contributed by atoms with Crippen molar-refractivity contribution in [2.75, 3.05) is 5.32 Å². The molecule has 0 aliphatic rings. The predicted molar refractivity (Wildman–Crippen MR) is 97.4 cm³/mol. The van der Waals surface area contributed by atoms with E-state index < -0.39 is 0 Å². The second kappa shape index (κ2) is 6.70. The minimum absolute atomic E-state index is 0.244. The van der Waals surface area contributed by atoms with Gasteiger partial charge in [0.25, 0.3) is 5.91 Å². The maximum absolute atomic E-state index is 12.6. The van der Waals surface area contributed by atoms with Gasteiger partial charge in [-0.25, -0.2) is 9.97 Å². The van der Waals surface area contributed by atoms with Crippen molar-refractivity contribution in [3.63, 3.8) is 0 Å². The zero-order valence-electron chi connectivity index (χ0n) is 13.0. The number of carbonyl (C=O) groups excluding carboxylic acids is 1. The Morgan fingerprint density at radius 2 is 1.88 bits per heavy atom. The van der Waals surface area contributed by atoms with Gasteiger partial charge < -0.3 is 9.73 Å². The Balaban J connectivity index is 1.60. The maximum atomic E-state index is 12.6. The Morgan fingerprint density at radius 3 is 2.68 bits per heavy atom. The van der Waals surface area contributed by atoms with E-state index in [4.69, 9.17) is 4.42 Å². The molecule has 0 radical (unpaired) electrons. The van der Waals surface area contributed by atoms with Gasteiger partial charge in [0.05, 0.1) is 12.5 Å². The molecule has 4 rings (SSSR count). The molecule has 5 nitrogen and oxygen atoms in total. The normalized spacial score (nSPS) is 10.6. The van der Waals surface area contributed by atoms with Gasteiger partial charge in [0.1, 0.15) is 10.7 Å². The Kier molecular flexibility index (Phi) is 4.10. The summed E-state index contributed by atoms with van der Waals surface area (Å²) in [5, 5.41) is 3.54. The first-order valence-corrected chi connectivity index (χ1v) is 8.44. The molecule has 0 unspecified atom stereocenters. The van der Waals surface area contributed by atoms with Crippen molar-refractivity contribution in [3.05, 3.63) is 78.1 Å². The number of anilines is 1. The first kappa shape index (κ1) is 15.3. The van der Waals surface area contributed by atoms with E-state index >= 15 is 0 Å². The van der Waals surface area contributed by atoms with Gasteiger partial charge in [-0.3, -0.25) is 4.79 Å². The molecule has 4 aromatic rings. The van der Waals surface area contributed by atoms with E-state index in [1.165, 1.54) is 11.3 Å². The molecule has 1 N–H and O–H groups in total. The van der Waals surface area contributed by atoms with Gasteiger partial charge in [-0.1, -0.05) is 30.3 Å². The van der Waals surface area contributed by atoms with Crippen molar-refractivity contribution in [1.82, 2.24) is 9.97 Å². The number of nitrogens with zero attached hydrogens (tertiary/aromatic N) is 2. The molecule has 6 heteroatoms. The van der Waals surface area contributed by atoms with E-state index in [1.807, 2.05) is 48.5 Å². The quantitative estimate of drug-likeness (QED) is 0.580. The average Bonchev–Trinajstić information content (AvgIpc) is 3.34. The van der Waals surface area contributed by atoms with Crippen LogP contribution in [0.25, 0.3) is 21.9 Å². The Bertz CT molecular complexity index is 994. The van der Waals surface area contributed by atoms with Gasteiger partial charge >= 0.3 is 0 Å². The van der Waals surface area contributed by atoms with Crippen LogP contribution in [0.4, 0.5) is 5.82 Å². The van der Waals surface area contributed by atoms with E-state index in [9.17, 15) is 4.79 Å². The van der Waals surface area contributed by atoms with Crippen LogP contribution < -0.4 is 5.32 Å². The molecule has 1 amide bonds. The van der Waals surface area contributed by atoms with E-state index in [-0.39, 0.29) is 5.91 Å². The first-order valence-electron chi connectivity index (χ1n) is 7.63. The molecule has 122 valence electrons. The number of aromatic nitrogens is 2. The van der Waals surface area contributed by atoms with E-state index in [2.05, 4.69) is 15.3 Å². The Morgan fingerprint density at radius 1 is 1.00 bits per heavy atom. The predicted octanol–water partition coefficient (Wildman–Crippen LogP) is 4.72. The third kappa shape index (κ3) is 3.20. The van der Waals surface area contributed by atoms with E-state index in [1.54, 1.807) is 24.7 Å². The Labute approximate surface area is 148 Å². The lowest BCUT2D eigenvalue weighted by atomic mass is 10.1. The number of furan rings is 1. The summed E-state index contributed by atoms with van der Waals surface area (Å²) in [5.74, 6) is 0.921. The zero-order chi connectivity index (χ0) is 17.1. The molecular weight excluding hydrogens is 334 g/mol. The van der Waals surface area contributed by atoms with E-state index in [0.717, 1.165) is 11.1 Å². The van der Waals surface area contributed by atoms with Crippen LogP contribution in [0.1, 0.15) is 9.67 Å². The van der Waals surface area contributed by atoms with Gasteiger partial charge in [0, 0.05) is 11.8 Å². The molecule has 3 heterocycles. The number of nitrogens with one attached hydrogen (secondary N) is 1. The third-order valence-electron chi connectivity index (χ3n) is 3.59. The van der Waals surface area contributed by atoms with Crippen molar-refractivity contribution < 1.29 is 9.21 Å². The van der Waals surface area contributed by atoms with Gasteiger partial charge in [0.15, 0.2) is 10.8 Å². The highest BCUT2D eigenvalue weighted by Gasteiger charge is 2.15.